The lowest BCUT2D eigenvalue weighted by Crippen LogP contribution is -2.45. The lowest BCUT2D eigenvalue weighted by molar-refractivity contribution is -0.137. The molecule has 0 fully saturated rings. The summed E-state index contributed by atoms with van der Waals surface area (Å²) >= 11 is 5.73. The van der Waals surface area contributed by atoms with Crippen LogP contribution in [0.15, 0.2) is 48.5 Å². The maximum atomic E-state index is 12.8. The van der Waals surface area contributed by atoms with Crippen molar-refractivity contribution >= 4 is 23.3 Å². The van der Waals surface area contributed by atoms with E-state index in [2.05, 4.69) is 0 Å². The highest BCUT2D eigenvalue weighted by atomic mass is 35.5. The molecule has 26 heavy (non-hydrogen) atoms. The van der Waals surface area contributed by atoms with Crippen molar-refractivity contribution in [2.24, 2.45) is 0 Å². The predicted molar refractivity (Wildman–Crippen MR) is 94.3 cm³/mol. The van der Waals surface area contributed by atoms with E-state index in [0.29, 0.717) is 18.8 Å². The van der Waals surface area contributed by atoms with Gasteiger partial charge in [-0.15, -0.1) is 5.06 Å². The van der Waals surface area contributed by atoms with Crippen molar-refractivity contribution in [3.63, 3.8) is 0 Å². The summed E-state index contributed by atoms with van der Waals surface area (Å²) in [5, 5.41) is 0.532. The van der Waals surface area contributed by atoms with Gasteiger partial charge in [-0.25, -0.2) is 4.79 Å². The molecule has 2 rings (SSSR count). The smallest absolute Gasteiger partial charge is 0.370 e. The summed E-state index contributed by atoms with van der Waals surface area (Å²) < 4.78 is 38.5. The van der Waals surface area contributed by atoms with Gasteiger partial charge in [0, 0.05) is 19.2 Å². The second kappa shape index (κ2) is 8.31. The van der Waals surface area contributed by atoms with Gasteiger partial charge in [-0.1, -0.05) is 29.8 Å². The summed E-state index contributed by atoms with van der Waals surface area (Å²) in [6.07, 6.45) is -4.56. The number of anilines is 1. The molecular formula is C18H18ClF3N2O2. The summed E-state index contributed by atoms with van der Waals surface area (Å²) in [5.74, 6) is 0.0207. The van der Waals surface area contributed by atoms with Crippen LogP contribution in [0.5, 0.6) is 5.75 Å². The first kappa shape index (κ1) is 19.9. The van der Waals surface area contributed by atoms with Crippen LogP contribution < -0.4 is 9.90 Å². The Morgan fingerprint density at radius 3 is 2.19 bits per heavy atom. The predicted octanol–water partition coefficient (Wildman–Crippen LogP) is 5.62. The minimum atomic E-state index is -4.56. The van der Waals surface area contributed by atoms with Crippen molar-refractivity contribution in [2.75, 3.05) is 18.2 Å². The summed E-state index contributed by atoms with van der Waals surface area (Å²) in [6, 6.07) is 11.1. The average molecular weight is 387 g/mol. The molecule has 140 valence electrons. The third kappa shape index (κ3) is 4.60. The number of urea groups is 1. The molecule has 0 aromatic heterocycles. The van der Waals surface area contributed by atoms with E-state index in [-0.39, 0.29) is 5.75 Å². The van der Waals surface area contributed by atoms with Crippen molar-refractivity contribution in [2.45, 2.75) is 20.0 Å². The van der Waals surface area contributed by atoms with E-state index < -0.39 is 22.8 Å². The van der Waals surface area contributed by atoms with Gasteiger partial charge in [0.05, 0.1) is 16.3 Å². The summed E-state index contributed by atoms with van der Waals surface area (Å²) in [5.41, 5.74) is -0.520. The molecule has 0 aliphatic heterocycles. The Hall–Kier alpha value is -2.41. The summed E-state index contributed by atoms with van der Waals surface area (Å²) in [4.78, 5) is 19.8. The first-order chi connectivity index (χ1) is 12.3. The van der Waals surface area contributed by atoms with E-state index in [0.717, 1.165) is 23.3 Å². The molecule has 0 N–H and O–H groups in total. The van der Waals surface area contributed by atoms with Crippen LogP contribution in [0, 0.1) is 0 Å². The first-order valence-electron chi connectivity index (χ1n) is 7.96. The van der Waals surface area contributed by atoms with Gasteiger partial charge in [-0.2, -0.15) is 13.2 Å². The number of para-hydroxylation sites is 1. The second-order valence-corrected chi connectivity index (χ2v) is 5.72. The van der Waals surface area contributed by atoms with E-state index in [9.17, 15) is 18.0 Å². The van der Waals surface area contributed by atoms with Gasteiger partial charge in [-0.3, -0.25) is 0 Å². The Balaban J connectivity index is 2.36. The normalized spacial score (nSPS) is 11.2. The van der Waals surface area contributed by atoms with Gasteiger partial charge in [0.15, 0.2) is 5.75 Å². The van der Waals surface area contributed by atoms with E-state index >= 15 is 0 Å². The fraction of sp³-hybridized carbons (Fsp3) is 0.278. The second-order valence-electron chi connectivity index (χ2n) is 5.32. The van der Waals surface area contributed by atoms with Crippen LogP contribution in [0.25, 0.3) is 0 Å². The van der Waals surface area contributed by atoms with Crippen LogP contribution in [0.2, 0.25) is 5.02 Å². The molecule has 0 saturated carbocycles. The van der Waals surface area contributed by atoms with E-state index in [4.69, 9.17) is 16.4 Å². The highest BCUT2D eigenvalue weighted by Crippen LogP contribution is 2.36. The van der Waals surface area contributed by atoms with Crippen LogP contribution in [0.3, 0.4) is 0 Å². The molecule has 0 spiro atoms. The lowest BCUT2D eigenvalue weighted by Gasteiger charge is -2.28. The van der Waals surface area contributed by atoms with Crippen molar-refractivity contribution in [1.29, 1.82) is 0 Å². The Labute approximate surface area is 154 Å². The Kier molecular flexibility index (Phi) is 6.37. The molecule has 2 amide bonds. The number of amides is 2. The SMILES string of the molecule is CCN(CC)C(=O)N(Oc1ccc(C(F)(F)F)c(Cl)c1)c1ccccc1. The number of hydrogen-bond acceptors (Lipinski definition) is 2. The molecule has 4 nitrogen and oxygen atoms in total. The molecule has 0 radical (unpaired) electrons. The number of hydrogen-bond donors (Lipinski definition) is 0. The number of nitrogens with zero attached hydrogens (tertiary/aromatic N) is 2. The molecule has 0 heterocycles. The van der Waals surface area contributed by atoms with Crippen molar-refractivity contribution in [1.82, 2.24) is 4.90 Å². The van der Waals surface area contributed by atoms with Crippen LogP contribution in [0.1, 0.15) is 19.4 Å². The standard InChI is InChI=1S/C18H18ClF3N2O2/c1-3-23(4-2)17(25)24(13-8-6-5-7-9-13)26-14-10-11-15(16(19)12-14)18(20,21)22/h5-12H,3-4H2,1-2H3. The largest absolute Gasteiger partial charge is 0.417 e. The van der Waals surface area contributed by atoms with E-state index in [1.165, 1.54) is 4.90 Å². The molecule has 0 saturated heterocycles. The number of alkyl halides is 3. The fourth-order valence-electron chi connectivity index (χ4n) is 2.28. The number of carbonyl (C=O) groups excluding carboxylic acids is 1. The minimum Gasteiger partial charge on any atom is -0.370 e. The van der Waals surface area contributed by atoms with Gasteiger partial charge < -0.3 is 9.74 Å². The first-order valence-corrected chi connectivity index (χ1v) is 8.34. The molecular weight excluding hydrogens is 369 g/mol. The molecule has 0 unspecified atom stereocenters. The molecule has 0 aliphatic rings. The highest BCUT2D eigenvalue weighted by Gasteiger charge is 2.33. The van der Waals surface area contributed by atoms with Gasteiger partial charge in [0.1, 0.15) is 0 Å². The maximum Gasteiger partial charge on any atom is 0.417 e. The number of rotatable bonds is 5. The molecule has 0 aliphatic carbocycles. The van der Waals surface area contributed by atoms with E-state index in [1.807, 2.05) is 13.8 Å². The van der Waals surface area contributed by atoms with Crippen LogP contribution in [-0.2, 0) is 6.18 Å². The van der Waals surface area contributed by atoms with Crippen molar-refractivity contribution in [3.8, 4) is 5.75 Å². The maximum absolute atomic E-state index is 12.8. The highest BCUT2D eigenvalue weighted by molar-refractivity contribution is 6.31. The Morgan fingerprint density at radius 2 is 1.69 bits per heavy atom. The van der Waals surface area contributed by atoms with Gasteiger partial charge in [0.2, 0.25) is 0 Å². The van der Waals surface area contributed by atoms with Crippen LogP contribution >= 0.6 is 11.6 Å². The fourth-order valence-corrected chi connectivity index (χ4v) is 2.55. The number of halogens is 4. The number of carbonyl (C=O) groups is 1. The Morgan fingerprint density at radius 1 is 1.08 bits per heavy atom. The van der Waals surface area contributed by atoms with Gasteiger partial charge in [-0.05, 0) is 38.1 Å². The Bertz CT molecular complexity index is 750. The third-order valence-electron chi connectivity index (χ3n) is 3.64. The topological polar surface area (TPSA) is 32.8 Å². The van der Waals surface area contributed by atoms with E-state index in [1.54, 1.807) is 30.3 Å². The lowest BCUT2D eigenvalue weighted by atomic mass is 10.2. The van der Waals surface area contributed by atoms with Crippen molar-refractivity contribution < 1.29 is 22.8 Å². The zero-order valence-corrected chi connectivity index (χ0v) is 15.0. The quantitative estimate of drug-likeness (QED) is 0.625. The third-order valence-corrected chi connectivity index (χ3v) is 3.95. The van der Waals surface area contributed by atoms with Gasteiger partial charge in [0.25, 0.3) is 0 Å². The molecule has 0 atom stereocenters. The molecule has 2 aromatic rings. The van der Waals surface area contributed by atoms with Crippen LogP contribution in [-0.4, -0.2) is 24.0 Å². The zero-order chi connectivity index (χ0) is 19.3. The van der Waals surface area contributed by atoms with Gasteiger partial charge >= 0.3 is 12.2 Å². The monoisotopic (exact) mass is 386 g/mol. The summed E-state index contributed by atoms with van der Waals surface area (Å²) in [7, 11) is 0. The number of benzene rings is 2. The molecule has 0 bridgehead atoms. The molecule has 2 aromatic carbocycles. The van der Waals surface area contributed by atoms with Crippen LogP contribution in [0.4, 0.5) is 23.7 Å². The van der Waals surface area contributed by atoms with Crippen molar-refractivity contribution in [3.05, 3.63) is 59.1 Å². The summed E-state index contributed by atoms with van der Waals surface area (Å²) in [6.45, 7) is 4.55. The zero-order valence-electron chi connectivity index (χ0n) is 14.3. The average Bonchev–Trinajstić information content (AvgIpc) is 2.60. The minimum absolute atomic E-state index is 0.0207. The molecule has 8 heteroatoms. The number of hydroxylamine groups is 1.